The minimum Gasteiger partial charge on any atom is -0.444 e. The molecule has 0 aliphatic heterocycles. The molecule has 1 aliphatic carbocycles. The van der Waals surface area contributed by atoms with Gasteiger partial charge in [-0.2, -0.15) is 0 Å². The lowest BCUT2D eigenvalue weighted by Gasteiger charge is -2.32. The molecule has 6 nitrogen and oxygen atoms in total. The Hall–Kier alpha value is -0.830. The van der Waals surface area contributed by atoms with E-state index in [1.807, 2.05) is 20.8 Å². The summed E-state index contributed by atoms with van der Waals surface area (Å²) in [5, 5.41) is 17.0. The fraction of sp³-hybridized carbons (Fsp3) is 0.750. The maximum absolute atomic E-state index is 10.5. The van der Waals surface area contributed by atoms with Crippen LogP contribution in [0, 0.1) is 13.8 Å². The quantitative estimate of drug-likeness (QED) is 0.376. The van der Waals surface area contributed by atoms with Crippen LogP contribution in [0.4, 0.5) is 0 Å². The van der Waals surface area contributed by atoms with Gasteiger partial charge in [0.25, 0.3) is 0 Å². The molecule has 0 radical (unpaired) electrons. The van der Waals surface area contributed by atoms with E-state index in [4.69, 9.17) is 4.42 Å². The van der Waals surface area contributed by atoms with Crippen LogP contribution in [-0.4, -0.2) is 34.7 Å². The maximum Gasteiger partial charge on any atom is 0.216 e. The monoisotopic (exact) mass is 436 g/mol. The topological polar surface area (TPSA) is 82.7 Å². The van der Waals surface area contributed by atoms with Gasteiger partial charge in [0.1, 0.15) is 12.3 Å². The van der Waals surface area contributed by atoms with E-state index in [1.165, 1.54) is 6.42 Å². The van der Waals surface area contributed by atoms with Crippen molar-refractivity contribution in [1.82, 2.24) is 15.6 Å². The highest BCUT2D eigenvalue weighted by Crippen LogP contribution is 2.27. The second-order valence-electron chi connectivity index (χ2n) is 6.08. The molecule has 0 atom stereocenters. The Morgan fingerprint density at radius 2 is 1.96 bits per heavy atom. The summed E-state index contributed by atoms with van der Waals surface area (Å²) in [7, 11) is 0. The Balaban J connectivity index is 0.00000264. The standard InChI is InChI=1S/C16H28N4O2.HI/c1-4-17-15(18-10-14-20-12(2)13(3)22-14)19-11-16(21)8-6-5-7-9-16;/h21H,4-11H2,1-3H3,(H2,17,18,19);1H. The molecule has 7 heteroatoms. The number of aromatic nitrogens is 1. The highest BCUT2D eigenvalue weighted by atomic mass is 127. The first-order valence-corrected chi connectivity index (χ1v) is 8.20. The summed E-state index contributed by atoms with van der Waals surface area (Å²) >= 11 is 0. The maximum atomic E-state index is 10.5. The molecule has 1 saturated carbocycles. The van der Waals surface area contributed by atoms with E-state index in [0.29, 0.717) is 24.9 Å². The number of guanidine groups is 1. The molecule has 3 N–H and O–H groups in total. The summed E-state index contributed by atoms with van der Waals surface area (Å²) in [6, 6.07) is 0. The van der Waals surface area contributed by atoms with Crippen LogP contribution in [0.3, 0.4) is 0 Å². The molecule has 132 valence electrons. The summed E-state index contributed by atoms with van der Waals surface area (Å²) in [5.41, 5.74) is 0.296. The van der Waals surface area contributed by atoms with Gasteiger partial charge in [-0.05, 0) is 33.6 Å². The number of aryl methyl sites for hydroxylation is 2. The normalized spacial score (nSPS) is 17.5. The SMILES string of the molecule is CCNC(=NCc1nc(C)c(C)o1)NCC1(O)CCCCC1.I. The lowest BCUT2D eigenvalue weighted by atomic mass is 9.85. The van der Waals surface area contributed by atoms with Crippen LogP contribution in [-0.2, 0) is 6.54 Å². The van der Waals surface area contributed by atoms with Crippen molar-refractivity contribution in [3.05, 3.63) is 17.3 Å². The molecule has 23 heavy (non-hydrogen) atoms. The summed E-state index contributed by atoms with van der Waals surface area (Å²) in [6.07, 6.45) is 5.13. The van der Waals surface area contributed by atoms with Crippen LogP contribution < -0.4 is 10.6 Å². The molecule has 0 saturated heterocycles. The van der Waals surface area contributed by atoms with Crippen molar-refractivity contribution in [2.75, 3.05) is 13.1 Å². The first-order valence-electron chi connectivity index (χ1n) is 8.20. The van der Waals surface area contributed by atoms with Gasteiger partial charge >= 0.3 is 0 Å². The van der Waals surface area contributed by atoms with E-state index in [2.05, 4.69) is 20.6 Å². The van der Waals surface area contributed by atoms with Crippen molar-refractivity contribution in [3.8, 4) is 0 Å². The number of hydrogen-bond acceptors (Lipinski definition) is 4. The summed E-state index contributed by atoms with van der Waals surface area (Å²) in [6.45, 7) is 7.54. The highest BCUT2D eigenvalue weighted by molar-refractivity contribution is 14.0. The second kappa shape index (κ2) is 9.46. The van der Waals surface area contributed by atoms with Crippen LogP contribution in [0.2, 0.25) is 0 Å². The minimum atomic E-state index is -0.607. The van der Waals surface area contributed by atoms with Crippen molar-refractivity contribution in [3.63, 3.8) is 0 Å². The van der Waals surface area contributed by atoms with Gasteiger partial charge in [0.15, 0.2) is 5.96 Å². The Bertz CT molecular complexity index is 491. The van der Waals surface area contributed by atoms with Crippen molar-refractivity contribution in [1.29, 1.82) is 0 Å². The fourth-order valence-electron chi connectivity index (χ4n) is 2.73. The number of hydrogen-bond donors (Lipinski definition) is 3. The summed E-state index contributed by atoms with van der Waals surface area (Å²) in [5.74, 6) is 2.14. The third-order valence-electron chi connectivity index (χ3n) is 4.16. The number of aliphatic hydroxyl groups is 1. The van der Waals surface area contributed by atoms with E-state index >= 15 is 0 Å². The first kappa shape index (κ1) is 20.2. The predicted octanol–water partition coefficient (Wildman–Crippen LogP) is 2.66. The average Bonchev–Trinajstić information content (AvgIpc) is 2.81. The number of nitrogens with zero attached hydrogens (tertiary/aromatic N) is 2. The van der Waals surface area contributed by atoms with Crippen LogP contribution in [0.5, 0.6) is 0 Å². The van der Waals surface area contributed by atoms with Gasteiger partial charge in [-0.3, -0.25) is 0 Å². The molecular formula is C16H29IN4O2. The third-order valence-corrected chi connectivity index (χ3v) is 4.16. The smallest absolute Gasteiger partial charge is 0.216 e. The molecule has 0 aromatic carbocycles. The largest absolute Gasteiger partial charge is 0.444 e. The molecule has 1 heterocycles. The van der Waals surface area contributed by atoms with Gasteiger partial charge in [0.2, 0.25) is 5.89 Å². The van der Waals surface area contributed by atoms with Gasteiger partial charge in [-0.25, -0.2) is 9.98 Å². The molecule has 0 amide bonds. The van der Waals surface area contributed by atoms with E-state index < -0.39 is 5.60 Å². The van der Waals surface area contributed by atoms with E-state index in [1.54, 1.807) is 0 Å². The molecule has 0 unspecified atom stereocenters. The van der Waals surface area contributed by atoms with Crippen LogP contribution in [0.15, 0.2) is 9.41 Å². The second-order valence-corrected chi connectivity index (χ2v) is 6.08. The number of aliphatic imine (C=N–C) groups is 1. The van der Waals surface area contributed by atoms with Crippen molar-refractivity contribution in [2.45, 2.75) is 65.0 Å². The van der Waals surface area contributed by atoms with E-state index in [9.17, 15) is 5.11 Å². The molecule has 0 bridgehead atoms. The molecule has 1 aromatic heterocycles. The lowest BCUT2D eigenvalue weighted by Crippen LogP contribution is -2.48. The number of nitrogens with one attached hydrogen (secondary N) is 2. The molecule has 1 fully saturated rings. The van der Waals surface area contributed by atoms with E-state index in [-0.39, 0.29) is 24.0 Å². The summed E-state index contributed by atoms with van der Waals surface area (Å²) in [4.78, 5) is 8.81. The Kier molecular flexibility index (Phi) is 8.32. The highest BCUT2D eigenvalue weighted by Gasteiger charge is 2.29. The molecule has 2 rings (SSSR count). The average molecular weight is 436 g/mol. The molecule has 1 aromatic rings. The molecule has 0 spiro atoms. The van der Waals surface area contributed by atoms with Gasteiger partial charge in [0, 0.05) is 13.1 Å². The van der Waals surface area contributed by atoms with E-state index in [0.717, 1.165) is 43.7 Å². The minimum absolute atomic E-state index is 0. The van der Waals surface area contributed by atoms with Gasteiger partial charge in [0.05, 0.1) is 11.3 Å². The zero-order valence-electron chi connectivity index (χ0n) is 14.3. The molecular weight excluding hydrogens is 407 g/mol. The first-order chi connectivity index (χ1) is 10.5. The molecule has 1 aliphatic rings. The fourth-order valence-corrected chi connectivity index (χ4v) is 2.73. The van der Waals surface area contributed by atoms with Crippen LogP contribution in [0.1, 0.15) is 56.4 Å². The number of rotatable bonds is 5. The van der Waals surface area contributed by atoms with Crippen LogP contribution in [0.25, 0.3) is 0 Å². The van der Waals surface area contributed by atoms with Crippen molar-refractivity contribution >= 4 is 29.9 Å². The Labute approximate surface area is 155 Å². The van der Waals surface area contributed by atoms with Gasteiger partial charge < -0.3 is 20.2 Å². The third kappa shape index (κ3) is 6.29. The lowest BCUT2D eigenvalue weighted by molar-refractivity contribution is 0.00859. The van der Waals surface area contributed by atoms with Crippen molar-refractivity contribution < 1.29 is 9.52 Å². The van der Waals surface area contributed by atoms with Gasteiger partial charge in [-0.15, -0.1) is 24.0 Å². The van der Waals surface area contributed by atoms with Gasteiger partial charge in [-0.1, -0.05) is 19.3 Å². The summed E-state index contributed by atoms with van der Waals surface area (Å²) < 4.78 is 5.53. The Morgan fingerprint density at radius 3 is 2.52 bits per heavy atom. The zero-order chi connectivity index (χ0) is 16.0. The zero-order valence-corrected chi connectivity index (χ0v) is 16.6. The predicted molar refractivity (Wildman–Crippen MR) is 102 cm³/mol. The number of oxazole rings is 1. The Morgan fingerprint density at radius 1 is 1.26 bits per heavy atom. The number of halogens is 1. The van der Waals surface area contributed by atoms with Crippen molar-refractivity contribution in [2.24, 2.45) is 4.99 Å². The van der Waals surface area contributed by atoms with Crippen LogP contribution >= 0.6 is 24.0 Å².